The highest BCUT2D eigenvalue weighted by Gasteiger charge is 2.26. The number of rotatable bonds is 5. The van der Waals surface area contributed by atoms with Crippen LogP contribution in [0, 0.1) is 0 Å². The maximum atomic E-state index is 11.8. The lowest BCUT2D eigenvalue weighted by Gasteiger charge is -2.33. The molecule has 0 spiro atoms. The van der Waals surface area contributed by atoms with Crippen LogP contribution in [0.5, 0.6) is 5.75 Å². The summed E-state index contributed by atoms with van der Waals surface area (Å²) in [4.78, 5) is 14.0. The highest BCUT2D eigenvalue weighted by Crippen LogP contribution is 2.39. The fourth-order valence-electron chi connectivity index (χ4n) is 3.92. The highest BCUT2D eigenvalue weighted by atomic mass is 35.5. The Kier molecular flexibility index (Phi) is 5.45. The molecule has 3 aromatic rings. The number of aliphatic carboxylic acids is 1. The van der Waals surface area contributed by atoms with Gasteiger partial charge in [0.05, 0.1) is 0 Å². The third kappa shape index (κ3) is 3.94. The molecular weight excluding hydrogens is 386 g/mol. The zero-order valence-corrected chi connectivity index (χ0v) is 16.8. The number of anilines is 1. The largest absolute Gasteiger partial charge is 0.478 e. The van der Waals surface area contributed by atoms with Crippen molar-refractivity contribution in [3.05, 3.63) is 94.5 Å². The zero-order chi connectivity index (χ0) is 20.4. The average molecular weight is 408 g/mol. The Morgan fingerprint density at radius 1 is 1.07 bits per heavy atom. The van der Waals surface area contributed by atoms with Gasteiger partial charge < -0.3 is 14.7 Å². The Bertz CT molecular complexity index is 1020. The first-order chi connectivity index (χ1) is 14.0. The minimum Gasteiger partial charge on any atom is -0.478 e. The average Bonchev–Trinajstić information content (AvgIpc) is 2.74. The van der Waals surface area contributed by atoms with Gasteiger partial charge in [-0.3, -0.25) is 0 Å². The molecule has 1 aliphatic heterocycles. The Morgan fingerprint density at radius 2 is 1.76 bits per heavy atom. The number of halogens is 1. The van der Waals surface area contributed by atoms with Gasteiger partial charge in [-0.1, -0.05) is 60.1 Å². The number of ether oxygens (including phenoxy) is 1. The molecule has 148 valence electrons. The first kappa shape index (κ1) is 19.3. The summed E-state index contributed by atoms with van der Waals surface area (Å²) < 4.78 is 5.78. The van der Waals surface area contributed by atoms with Crippen molar-refractivity contribution in [1.82, 2.24) is 0 Å². The van der Waals surface area contributed by atoms with Crippen molar-refractivity contribution in [2.75, 3.05) is 18.5 Å². The van der Waals surface area contributed by atoms with Crippen molar-refractivity contribution in [2.45, 2.75) is 18.4 Å². The molecule has 1 N–H and O–H groups in total. The summed E-state index contributed by atoms with van der Waals surface area (Å²) in [6, 6.07) is 23.0. The number of nitrogens with zero attached hydrogens (tertiary/aromatic N) is 1. The van der Waals surface area contributed by atoms with Gasteiger partial charge in [0.2, 0.25) is 6.10 Å². The van der Waals surface area contributed by atoms with Crippen LogP contribution in [0.2, 0.25) is 5.02 Å². The maximum absolute atomic E-state index is 11.8. The summed E-state index contributed by atoms with van der Waals surface area (Å²) in [5.74, 6) is -0.260. The van der Waals surface area contributed by atoms with Crippen molar-refractivity contribution >= 4 is 23.3 Å². The Labute approximate surface area is 175 Å². The predicted octanol–water partition coefficient (Wildman–Crippen LogP) is 5.52. The number of carbonyl (C=O) groups is 1. The smallest absolute Gasteiger partial charge is 0.349 e. The molecule has 0 fully saturated rings. The van der Waals surface area contributed by atoms with Gasteiger partial charge in [0.15, 0.2) is 0 Å². The van der Waals surface area contributed by atoms with E-state index in [9.17, 15) is 9.90 Å². The van der Waals surface area contributed by atoms with Crippen LogP contribution in [-0.2, 0) is 4.79 Å². The van der Waals surface area contributed by atoms with Gasteiger partial charge in [0.1, 0.15) is 5.75 Å². The van der Waals surface area contributed by atoms with E-state index in [2.05, 4.69) is 36.2 Å². The standard InChI is InChI=1S/C24H22ClNO3/c1-26-15-14-18(19-6-3-5-9-22(19)26)16-10-12-17(13-11-16)29-23(24(27)28)20-7-2-4-8-21(20)25/h2-13,18,23H,14-15H2,1H3,(H,27,28). The van der Waals surface area contributed by atoms with Gasteiger partial charge in [0.25, 0.3) is 0 Å². The summed E-state index contributed by atoms with van der Waals surface area (Å²) in [6.07, 6.45) is -0.121. The fourth-order valence-corrected chi connectivity index (χ4v) is 4.16. The molecule has 0 aliphatic carbocycles. The molecule has 3 aromatic carbocycles. The van der Waals surface area contributed by atoms with Crippen molar-refractivity contribution in [3.8, 4) is 5.75 Å². The number of carboxylic acid groups (broad SMARTS) is 1. The van der Waals surface area contributed by atoms with Crippen LogP contribution in [0.4, 0.5) is 5.69 Å². The molecule has 2 atom stereocenters. The van der Waals surface area contributed by atoms with E-state index in [-0.39, 0.29) is 0 Å². The predicted molar refractivity (Wildman–Crippen MR) is 115 cm³/mol. The van der Waals surface area contributed by atoms with Crippen molar-refractivity contribution in [3.63, 3.8) is 0 Å². The molecule has 1 heterocycles. The zero-order valence-electron chi connectivity index (χ0n) is 16.1. The van der Waals surface area contributed by atoms with E-state index in [4.69, 9.17) is 16.3 Å². The first-order valence-electron chi connectivity index (χ1n) is 9.58. The minimum absolute atomic E-state index is 0.315. The van der Waals surface area contributed by atoms with E-state index in [1.54, 1.807) is 24.3 Å². The van der Waals surface area contributed by atoms with Gasteiger partial charge in [-0.25, -0.2) is 4.79 Å². The van der Waals surface area contributed by atoms with Crippen LogP contribution in [0.15, 0.2) is 72.8 Å². The number of para-hydroxylation sites is 1. The second-order valence-electron chi connectivity index (χ2n) is 7.25. The Balaban J connectivity index is 1.58. The molecule has 29 heavy (non-hydrogen) atoms. The molecule has 0 bridgehead atoms. The minimum atomic E-state index is -1.15. The van der Waals surface area contributed by atoms with Crippen LogP contribution < -0.4 is 9.64 Å². The quantitative estimate of drug-likeness (QED) is 0.605. The van der Waals surface area contributed by atoms with Crippen LogP contribution in [0.1, 0.15) is 35.1 Å². The lowest BCUT2D eigenvalue weighted by Crippen LogP contribution is -2.27. The summed E-state index contributed by atoms with van der Waals surface area (Å²) >= 11 is 6.17. The second kappa shape index (κ2) is 8.18. The van der Waals surface area contributed by atoms with Crippen LogP contribution in [-0.4, -0.2) is 24.7 Å². The third-order valence-corrected chi connectivity index (χ3v) is 5.77. The maximum Gasteiger partial charge on any atom is 0.349 e. The Hall–Kier alpha value is -2.98. The van der Waals surface area contributed by atoms with Crippen molar-refractivity contribution in [2.24, 2.45) is 0 Å². The second-order valence-corrected chi connectivity index (χ2v) is 7.66. The van der Waals surface area contributed by atoms with Crippen LogP contribution in [0.25, 0.3) is 0 Å². The topological polar surface area (TPSA) is 49.8 Å². The number of hydrogen-bond donors (Lipinski definition) is 1. The first-order valence-corrected chi connectivity index (χ1v) is 9.96. The molecule has 0 radical (unpaired) electrons. The van der Waals surface area contributed by atoms with Gasteiger partial charge in [-0.05, 0) is 41.8 Å². The van der Waals surface area contributed by atoms with E-state index in [1.165, 1.54) is 16.8 Å². The summed E-state index contributed by atoms with van der Waals surface area (Å²) in [6.45, 7) is 0.994. The molecule has 0 saturated heterocycles. The van der Waals surface area contributed by atoms with Crippen LogP contribution in [0.3, 0.4) is 0 Å². The molecular formula is C24H22ClNO3. The molecule has 4 rings (SSSR count). The normalized spacial score (nSPS) is 16.8. The van der Waals surface area contributed by atoms with E-state index < -0.39 is 12.1 Å². The summed E-state index contributed by atoms with van der Waals surface area (Å²) in [7, 11) is 2.12. The number of hydrogen-bond acceptors (Lipinski definition) is 3. The van der Waals surface area contributed by atoms with Gasteiger partial charge >= 0.3 is 5.97 Å². The van der Waals surface area contributed by atoms with Crippen LogP contribution >= 0.6 is 11.6 Å². The lowest BCUT2D eigenvalue weighted by atomic mass is 9.84. The summed E-state index contributed by atoms with van der Waals surface area (Å²) in [5.41, 5.74) is 4.21. The monoisotopic (exact) mass is 407 g/mol. The van der Waals surface area contributed by atoms with Gasteiger partial charge in [-0.2, -0.15) is 0 Å². The number of benzene rings is 3. The van der Waals surface area contributed by atoms with E-state index >= 15 is 0 Å². The number of carboxylic acids is 1. The lowest BCUT2D eigenvalue weighted by molar-refractivity contribution is -0.145. The molecule has 2 unspecified atom stereocenters. The van der Waals surface area contributed by atoms with Crippen molar-refractivity contribution in [1.29, 1.82) is 0 Å². The van der Waals surface area contributed by atoms with Gasteiger partial charge in [-0.15, -0.1) is 0 Å². The third-order valence-electron chi connectivity index (χ3n) is 5.42. The molecule has 0 amide bonds. The van der Waals surface area contributed by atoms with E-state index in [0.717, 1.165) is 13.0 Å². The SMILES string of the molecule is CN1CCC(c2ccc(OC(C(=O)O)c3ccccc3Cl)cc2)c2ccccc21. The Morgan fingerprint density at radius 3 is 2.48 bits per heavy atom. The summed E-state index contributed by atoms with van der Waals surface area (Å²) in [5, 5.41) is 9.99. The number of fused-ring (bicyclic) bond motifs is 1. The van der Waals surface area contributed by atoms with Crippen molar-refractivity contribution < 1.29 is 14.6 Å². The molecule has 5 heteroatoms. The van der Waals surface area contributed by atoms with E-state index in [1.807, 2.05) is 24.3 Å². The molecule has 4 nitrogen and oxygen atoms in total. The van der Waals surface area contributed by atoms with E-state index in [0.29, 0.717) is 22.3 Å². The fraction of sp³-hybridized carbons (Fsp3) is 0.208. The van der Waals surface area contributed by atoms with Gasteiger partial charge in [0, 0.05) is 35.8 Å². The molecule has 0 aromatic heterocycles. The molecule has 1 aliphatic rings. The molecule has 0 saturated carbocycles. The highest BCUT2D eigenvalue weighted by molar-refractivity contribution is 6.31.